The van der Waals surface area contributed by atoms with Gasteiger partial charge in [0.15, 0.2) is 5.96 Å². The van der Waals surface area contributed by atoms with Crippen LogP contribution in [0.5, 0.6) is 0 Å². The van der Waals surface area contributed by atoms with Crippen molar-refractivity contribution in [1.82, 2.24) is 15.1 Å². The van der Waals surface area contributed by atoms with Crippen LogP contribution in [0, 0.1) is 11.3 Å². The second-order valence-electron chi connectivity index (χ2n) is 9.20. The first-order valence-electron chi connectivity index (χ1n) is 10.9. The predicted octanol–water partition coefficient (Wildman–Crippen LogP) is 3.38. The van der Waals surface area contributed by atoms with Gasteiger partial charge < -0.3 is 15.0 Å². The van der Waals surface area contributed by atoms with Gasteiger partial charge in [-0.3, -0.25) is 9.89 Å². The van der Waals surface area contributed by atoms with E-state index in [2.05, 4.69) is 58.2 Å². The van der Waals surface area contributed by atoms with Crippen molar-refractivity contribution in [1.29, 1.82) is 0 Å². The second kappa shape index (κ2) is 9.96. The highest BCUT2D eigenvalue weighted by Gasteiger charge is 2.42. The fourth-order valence-corrected chi connectivity index (χ4v) is 5.20. The third-order valence-corrected chi connectivity index (χ3v) is 7.00. The average Bonchev–Trinajstić information content (AvgIpc) is 3.34. The molecule has 29 heavy (non-hydrogen) atoms. The SMILES string of the molecule is CN=C(NCC(C(C)C)N1CCc2ccccc2C1)N1CCC2(CCOC2)C1.I. The number of ether oxygens (including phenoxy) is 1. The number of benzene rings is 1. The Labute approximate surface area is 193 Å². The van der Waals surface area contributed by atoms with Gasteiger partial charge in [0.05, 0.1) is 6.61 Å². The zero-order valence-electron chi connectivity index (χ0n) is 18.2. The van der Waals surface area contributed by atoms with Crippen molar-refractivity contribution in [3.8, 4) is 0 Å². The Morgan fingerprint density at radius 3 is 2.69 bits per heavy atom. The molecule has 2 saturated heterocycles. The largest absolute Gasteiger partial charge is 0.381 e. The van der Waals surface area contributed by atoms with Gasteiger partial charge in [0, 0.05) is 57.8 Å². The Balaban J connectivity index is 0.00000240. The van der Waals surface area contributed by atoms with Gasteiger partial charge in [0.1, 0.15) is 0 Å². The summed E-state index contributed by atoms with van der Waals surface area (Å²) in [6, 6.07) is 9.42. The van der Waals surface area contributed by atoms with Gasteiger partial charge in [-0.1, -0.05) is 38.1 Å². The van der Waals surface area contributed by atoms with Crippen molar-refractivity contribution >= 4 is 29.9 Å². The molecule has 6 heteroatoms. The molecule has 1 aromatic carbocycles. The lowest BCUT2D eigenvalue weighted by atomic mass is 9.87. The summed E-state index contributed by atoms with van der Waals surface area (Å²) in [4.78, 5) is 9.71. The molecule has 1 N–H and O–H groups in total. The Morgan fingerprint density at radius 2 is 2.00 bits per heavy atom. The monoisotopic (exact) mass is 512 g/mol. The maximum Gasteiger partial charge on any atom is 0.193 e. The smallest absolute Gasteiger partial charge is 0.193 e. The van der Waals surface area contributed by atoms with Crippen molar-refractivity contribution in [3.63, 3.8) is 0 Å². The lowest BCUT2D eigenvalue weighted by Crippen LogP contribution is -2.51. The number of hydrogen-bond donors (Lipinski definition) is 1. The van der Waals surface area contributed by atoms with Crippen LogP contribution in [0.3, 0.4) is 0 Å². The molecule has 2 fully saturated rings. The normalized spacial score (nSPS) is 25.9. The number of aliphatic imine (C=N–C) groups is 1. The molecule has 0 aromatic heterocycles. The minimum Gasteiger partial charge on any atom is -0.381 e. The molecule has 1 spiro atoms. The van der Waals surface area contributed by atoms with Crippen molar-refractivity contribution < 1.29 is 4.74 Å². The molecule has 0 amide bonds. The minimum atomic E-state index is 0. The zero-order chi connectivity index (χ0) is 19.6. The fraction of sp³-hybridized carbons (Fsp3) is 0.696. The maximum atomic E-state index is 5.69. The lowest BCUT2D eigenvalue weighted by Gasteiger charge is -2.38. The summed E-state index contributed by atoms with van der Waals surface area (Å²) in [6.07, 6.45) is 3.58. The molecule has 0 bridgehead atoms. The highest BCUT2D eigenvalue weighted by Crippen LogP contribution is 2.38. The van der Waals surface area contributed by atoms with E-state index in [1.807, 2.05) is 7.05 Å². The molecule has 3 aliphatic rings. The number of fused-ring (bicyclic) bond motifs is 1. The molecule has 4 rings (SSSR count). The molecular weight excluding hydrogens is 475 g/mol. The van der Waals surface area contributed by atoms with E-state index < -0.39 is 0 Å². The summed E-state index contributed by atoms with van der Waals surface area (Å²) in [5, 5.41) is 3.71. The van der Waals surface area contributed by atoms with E-state index in [0.29, 0.717) is 17.4 Å². The number of guanidine groups is 1. The molecule has 0 radical (unpaired) electrons. The number of likely N-dealkylation sites (tertiary alicyclic amines) is 1. The van der Waals surface area contributed by atoms with Gasteiger partial charge in [-0.15, -0.1) is 24.0 Å². The summed E-state index contributed by atoms with van der Waals surface area (Å²) < 4.78 is 5.69. The highest BCUT2D eigenvalue weighted by molar-refractivity contribution is 14.0. The maximum absolute atomic E-state index is 5.69. The van der Waals surface area contributed by atoms with Crippen molar-refractivity contribution in [2.45, 2.75) is 45.7 Å². The molecule has 3 heterocycles. The van der Waals surface area contributed by atoms with E-state index >= 15 is 0 Å². The molecule has 0 saturated carbocycles. The van der Waals surface area contributed by atoms with Gasteiger partial charge >= 0.3 is 0 Å². The summed E-state index contributed by atoms with van der Waals surface area (Å²) in [6.45, 7) is 11.9. The number of nitrogens with one attached hydrogen (secondary N) is 1. The first kappa shape index (κ1) is 22.8. The van der Waals surface area contributed by atoms with Crippen molar-refractivity contribution in [3.05, 3.63) is 35.4 Å². The van der Waals surface area contributed by atoms with Crippen LogP contribution in [0.15, 0.2) is 29.3 Å². The second-order valence-corrected chi connectivity index (χ2v) is 9.20. The van der Waals surface area contributed by atoms with E-state index in [-0.39, 0.29) is 24.0 Å². The van der Waals surface area contributed by atoms with Crippen LogP contribution in [-0.4, -0.2) is 68.2 Å². The van der Waals surface area contributed by atoms with E-state index in [4.69, 9.17) is 4.74 Å². The Kier molecular flexibility index (Phi) is 7.84. The molecule has 1 aromatic rings. The lowest BCUT2D eigenvalue weighted by molar-refractivity contribution is 0.139. The standard InChI is InChI=1S/C23H36N4O.HI/c1-18(2)21(26-11-8-19-6-4-5-7-20(19)15-26)14-25-22(24-3)27-12-9-23(16-27)10-13-28-17-23;/h4-7,18,21H,8-17H2,1-3H3,(H,24,25);1H. The zero-order valence-corrected chi connectivity index (χ0v) is 20.5. The quantitative estimate of drug-likeness (QED) is 0.382. The summed E-state index contributed by atoms with van der Waals surface area (Å²) in [7, 11) is 1.92. The van der Waals surface area contributed by atoms with E-state index in [1.54, 1.807) is 0 Å². The first-order chi connectivity index (χ1) is 13.6. The van der Waals surface area contributed by atoms with Crippen LogP contribution in [0.2, 0.25) is 0 Å². The van der Waals surface area contributed by atoms with Crippen molar-refractivity contribution in [2.75, 3.05) is 46.4 Å². The molecule has 0 aliphatic carbocycles. The topological polar surface area (TPSA) is 40.1 Å². The molecule has 2 atom stereocenters. The highest BCUT2D eigenvalue weighted by atomic mass is 127. The Morgan fingerprint density at radius 1 is 1.21 bits per heavy atom. The fourth-order valence-electron chi connectivity index (χ4n) is 5.20. The van der Waals surface area contributed by atoms with Crippen LogP contribution in [0.1, 0.15) is 37.8 Å². The first-order valence-corrected chi connectivity index (χ1v) is 10.9. The summed E-state index contributed by atoms with van der Waals surface area (Å²) in [5.41, 5.74) is 3.38. The predicted molar refractivity (Wildman–Crippen MR) is 130 cm³/mol. The van der Waals surface area contributed by atoms with Gasteiger partial charge in [0.2, 0.25) is 0 Å². The van der Waals surface area contributed by atoms with Crippen LogP contribution in [0.4, 0.5) is 0 Å². The number of nitrogens with zero attached hydrogens (tertiary/aromatic N) is 3. The molecule has 162 valence electrons. The van der Waals surface area contributed by atoms with Gasteiger partial charge in [-0.25, -0.2) is 0 Å². The van der Waals surface area contributed by atoms with Gasteiger partial charge in [-0.05, 0) is 36.3 Å². The van der Waals surface area contributed by atoms with Gasteiger partial charge in [0.25, 0.3) is 0 Å². The van der Waals surface area contributed by atoms with Crippen LogP contribution in [0.25, 0.3) is 0 Å². The summed E-state index contributed by atoms with van der Waals surface area (Å²) in [5.74, 6) is 1.66. The third kappa shape index (κ3) is 5.07. The van der Waals surface area contributed by atoms with Crippen LogP contribution < -0.4 is 5.32 Å². The van der Waals surface area contributed by atoms with Gasteiger partial charge in [-0.2, -0.15) is 0 Å². The van der Waals surface area contributed by atoms with Crippen LogP contribution >= 0.6 is 24.0 Å². The molecule has 3 aliphatic heterocycles. The van der Waals surface area contributed by atoms with E-state index in [1.165, 1.54) is 24.0 Å². The summed E-state index contributed by atoms with van der Waals surface area (Å²) >= 11 is 0. The number of rotatable bonds is 4. The third-order valence-electron chi connectivity index (χ3n) is 7.00. The molecular formula is C23H37IN4O. The number of halogens is 1. The Bertz CT molecular complexity index is 702. The minimum absolute atomic E-state index is 0. The molecule has 2 unspecified atom stereocenters. The van der Waals surface area contributed by atoms with Crippen LogP contribution in [-0.2, 0) is 17.7 Å². The van der Waals surface area contributed by atoms with E-state index in [9.17, 15) is 0 Å². The Hall–Kier alpha value is -0.860. The van der Waals surface area contributed by atoms with E-state index in [0.717, 1.165) is 58.3 Å². The van der Waals surface area contributed by atoms with Crippen molar-refractivity contribution in [2.24, 2.45) is 16.3 Å². The average molecular weight is 512 g/mol. The number of hydrogen-bond acceptors (Lipinski definition) is 3. The molecule has 5 nitrogen and oxygen atoms in total.